The predicted octanol–water partition coefficient (Wildman–Crippen LogP) is 6.15. The van der Waals surface area contributed by atoms with E-state index in [9.17, 15) is 26.3 Å². The van der Waals surface area contributed by atoms with Gasteiger partial charge >= 0.3 is 12.4 Å². The smallest absolute Gasteiger partial charge is 0.354 e. The number of H-pyrrole nitrogens is 1. The van der Waals surface area contributed by atoms with Crippen molar-refractivity contribution >= 4 is 10.9 Å². The minimum Gasteiger partial charge on any atom is -0.354 e. The number of benzene rings is 2. The summed E-state index contributed by atoms with van der Waals surface area (Å²) in [6.07, 6.45) is -7.76. The number of para-hydroxylation sites is 1. The molecule has 0 fully saturated rings. The Hall–Kier alpha value is -2.48. The zero-order valence-electron chi connectivity index (χ0n) is 14.7. The molecule has 1 aromatic heterocycles. The zero-order chi connectivity index (χ0) is 20.5. The number of aromatic amines is 1. The van der Waals surface area contributed by atoms with Gasteiger partial charge in [-0.15, -0.1) is 0 Å². The fourth-order valence-corrected chi connectivity index (χ4v) is 3.39. The Morgan fingerprint density at radius 2 is 1.43 bits per heavy atom. The van der Waals surface area contributed by atoms with E-state index in [4.69, 9.17) is 5.73 Å². The van der Waals surface area contributed by atoms with E-state index in [1.165, 1.54) is 30.3 Å². The fraction of sp³-hybridized carbons (Fsp3) is 0.300. The number of aromatic nitrogens is 1. The van der Waals surface area contributed by atoms with Crippen LogP contribution in [-0.2, 0) is 18.8 Å². The zero-order valence-corrected chi connectivity index (χ0v) is 14.7. The number of halogens is 6. The van der Waals surface area contributed by atoms with Crippen molar-refractivity contribution in [3.05, 3.63) is 59.2 Å². The molecule has 0 atom stereocenters. The van der Waals surface area contributed by atoms with Crippen LogP contribution in [0.3, 0.4) is 0 Å². The molecule has 2 nitrogen and oxygen atoms in total. The molecule has 0 bridgehead atoms. The highest BCUT2D eigenvalue weighted by molar-refractivity contribution is 5.93. The van der Waals surface area contributed by atoms with Gasteiger partial charge in [-0.2, -0.15) is 26.3 Å². The van der Waals surface area contributed by atoms with Gasteiger partial charge < -0.3 is 10.7 Å². The average Bonchev–Trinajstić information content (AvgIpc) is 2.99. The summed E-state index contributed by atoms with van der Waals surface area (Å²) in [4.78, 5) is 2.64. The molecule has 0 radical (unpaired) electrons. The fourth-order valence-electron chi connectivity index (χ4n) is 3.39. The summed E-state index contributed by atoms with van der Waals surface area (Å²) < 4.78 is 80.7. The van der Waals surface area contributed by atoms with Crippen molar-refractivity contribution in [3.8, 4) is 11.3 Å². The topological polar surface area (TPSA) is 41.8 Å². The maximum Gasteiger partial charge on any atom is 0.418 e. The second-order valence-electron chi connectivity index (χ2n) is 6.49. The lowest BCUT2D eigenvalue weighted by Gasteiger charge is -2.13. The van der Waals surface area contributed by atoms with Gasteiger partial charge in [0.25, 0.3) is 0 Å². The van der Waals surface area contributed by atoms with Gasteiger partial charge in [-0.3, -0.25) is 0 Å². The first kappa shape index (κ1) is 20.3. The van der Waals surface area contributed by atoms with Gasteiger partial charge in [-0.1, -0.05) is 30.3 Å². The summed E-state index contributed by atoms with van der Waals surface area (Å²) in [7, 11) is 0. The van der Waals surface area contributed by atoms with Gasteiger partial charge in [0.2, 0.25) is 0 Å². The lowest BCUT2D eigenvalue weighted by Crippen LogP contribution is -2.07. The van der Waals surface area contributed by atoms with Crippen LogP contribution in [0.2, 0.25) is 0 Å². The van der Waals surface area contributed by atoms with Crippen LogP contribution < -0.4 is 5.73 Å². The SMILES string of the molecule is NCCCCc1c(-c2ccccc2C(F)(F)F)[nH]c2c(C(F)(F)F)cccc12. The number of alkyl halides is 6. The first-order chi connectivity index (χ1) is 13.1. The molecule has 0 saturated carbocycles. The highest BCUT2D eigenvalue weighted by Crippen LogP contribution is 2.42. The third kappa shape index (κ3) is 3.87. The maximum atomic E-state index is 13.5. The number of rotatable bonds is 5. The molecule has 2 aromatic carbocycles. The minimum absolute atomic E-state index is 0.0663. The molecular formula is C20H18F6N2. The summed E-state index contributed by atoms with van der Waals surface area (Å²) in [6.45, 7) is 0.393. The number of hydrogen-bond acceptors (Lipinski definition) is 1. The Morgan fingerprint density at radius 3 is 2.07 bits per heavy atom. The Labute approximate surface area is 157 Å². The molecule has 0 saturated heterocycles. The molecule has 3 rings (SSSR count). The van der Waals surface area contributed by atoms with Crippen molar-refractivity contribution in [1.82, 2.24) is 4.98 Å². The lowest BCUT2D eigenvalue weighted by molar-refractivity contribution is -0.137. The van der Waals surface area contributed by atoms with Crippen molar-refractivity contribution < 1.29 is 26.3 Å². The summed E-state index contributed by atoms with van der Waals surface area (Å²) in [5.74, 6) is 0. The molecule has 0 aliphatic rings. The van der Waals surface area contributed by atoms with E-state index in [0.29, 0.717) is 31.4 Å². The van der Waals surface area contributed by atoms with Crippen LogP contribution in [0.25, 0.3) is 22.2 Å². The molecule has 8 heteroatoms. The molecule has 28 heavy (non-hydrogen) atoms. The van der Waals surface area contributed by atoms with Gasteiger partial charge in [0.15, 0.2) is 0 Å². The third-order valence-corrected chi connectivity index (χ3v) is 4.63. The van der Waals surface area contributed by atoms with Crippen LogP contribution in [-0.4, -0.2) is 11.5 Å². The molecule has 0 amide bonds. The van der Waals surface area contributed by atoms with E-state index in [-0.39, 0.29) is 22.2 Å². The quantitative estimate of drug-likeness (QED) is 0.391. The maximum absolute atomic E-state index is 13.5. The summed E-state index contributed by atoms with van der Waals surface area (Å²) >= 11 is 0. The van der Waals surface area contributed by atoms with Crippen LogP contribution in [0, 0.1) is 0 Å². The summed E-state index contributed by atoms with van der Waals surface area (Å²) in [5, 5.41) is 0.277. The molecule has 3 N–H and O–H groups in total. The molecule has 3 aromatic rings. The second kappa shape index (κ2) is 7.50. The number of nitrogens with two attached hydrogens (primary N) is 1. The molecule has 0 aliphatic heterocycles. The van der Waals surface area contributed by atoms with E-state index in [1.807, 2.05) is 0 Å². The molecule has 0 aliphatic carbocycles. The first-order valence-corrected chi connectivity index (χ1v) is 8.72. The normalized spacial score (nSPS) is 12.7. The lowest BCUT2D eigenvalue weighted by atomic mass is 9.96. The summed E-state index contributed by atoms with van der Waals surface area (Å²) in [5.41, 5.74) is 3.83. The predicted molar refractivity (Wildman–Crippen MR) is 95.7 cm³/mol. The Kier molecular flexibility index (Phi) is 5.43. The minimum atomic E-state index is -4.63. The van der Waals surface area contributed by atoms with Crippen molar-refractivity contribution in [3.63, 3.8) is 0 Å². The van der Waals surface area contributed by atoms with Crippen molar-refractivity contribution in [1.29, 1.82) is 0 Å². The van der Waals surface area contributed by atoms with Crippen LogP contribution in [0.15, 0.2) is 42.5 Å². The standard InChI is InChI=1S/C20H18F6N2/c21-19(22,23)15-9-2-1-7-14(15)17-12(6-3-4-11-27)13-8-5-10-16(18(13)28-17)20(24,25)26/h1-2,5,7-10,28H,3-4,6,11,27H2. The van der Waals surface area contributed by atoms with Crippen LogP contribution >= 0.6 is 0 Å². The van der Waals surface area contributed by atoms with E-state index in [2.05, 4.69) is 4.98 Å². The van der Waals surface area contributed by atoms with Gasteiger partial charge in [0.05, 0.1) is 22.3 Å². The van der Waals surface area contributed by atoms with Crippen molar-refractivity contribution in [2.45, 2.75) is 31.6 Å². The van der Waals surface area contributed by atoms with Gasteiger partial charge in [0, 0.05) is 10.9 Å². The molecule has 1 heterocycles. The Bertz CT molecular complexity index is 969. The Morgan fingerprint density at radius 1 is 0.786 bits per heavy atom. The monoisotopic (exact) mass is 400 g/mol. The largest absolute Gasteiger partial charge is 0.418 e. The van der Waals surface area contributed by atoms with E-state index in [0.717, 1.165) is 12.1 Å². The second-order valence-corrected chi connectivity index (χ2v) is 6.49. The number of fused-ring (bicyclic) bond motifs is 1. The number of aryl methyl sites for hydroxylation is 1. The highest BCUT2D eigenvalue weighted by atomic mass is 19.4. The van der Waals surface area contributed by atoms with Crippen LogP contribution in [0.1, 0.15) is 29.5 Å². The third-order valence-electron chi connectivity index (χ3n) is 4.63. The van der Waals surface area contributed by atoms with Gasteiger partial charge in [0.1, 0.15) is 0 Å². The molecule has 150 valence electrons. The van der Waals surface area contributed by atoms with Crippen LogP contribution in [0.4, 0.5) is 26.3 Å². The molecule has 0 spiro atoms. The van der Waals surface area contributed by atoms with Gasteiger partial charge in [-0.25, -0.2) is 0 Å². The summed E-state index contributed by atoms with van der Waals surface area (Å²) in [6, 6.07) is 8.57. The Balaban J connectivity index is 2.29. The van der Waals surface area contributed by atoms with Crippen molar-refractivity contribution in [2.24, 2.45) is 5.73 Å². The number of nitrogens with one attached hydrogen (secondary N) is 1. The number of unbranched alkanes of at least 4 members (excludes halogenated alkanes) is 1. The van der Waals surface area contributed by atoms with E-state index in [1.54, 1.807) is 0 Å². The van der Waals surface area contributed by atoms with E-state index >= 15 is 0 Å². The number of hydrogen-bond donors (Lipinski definition) is 2. The first-order valence-electron chi connectivity index (χ1n) is 8.72. The average molecular weight is 400 g/mol. The van der Waals surface area contributed by atoms with E-state index < -0.39 is 23.5 Å². The van der Waals surface area contributed by atoms with Crippen molar-refractivity contribution in [2.75, 3.05) is 6.54 Å². The van der Waals surface area contributed by atoms with Gasteiger partial charge in [-0.05, 0) is 43.5 Å². The molecular weight excluding hydrogens is 382 g/mol. The molecule has 0 unspecified atom stereocenters. The highest BCUT2D eigenvalue weighted by Gasteiger charge is 2.36. The van der Waals surface area contributed by atoms with Crippen LogP contribution in [0.5, 0.6) is 0 Å².